The molecule has 0 saturated carbocycles. The minimum atomic E-state index is -3.78. The van der Waals surface area contributed by atoms with Crippen LogP contribution in [0.3, 0.4) is 0 Å². The van der Waals surface area contributed by atoms with Crippen molar-refractivity contribution in [3.63, 3.8) is 0 Å². The zero-order chi connectivity index (χ0) is 24.6. The number of amides is 3. The van der Waals surface area contributed by atoms with E-state index in [0.717, 1.165) is 0 Å². The SMILES string of the molecule is CCCC(NC(=O)N1C(=O)[C@H](CC2=CC(N)NC=C2)[C@H]1C(=O)O)c1ccc2c(c1)OC(F)(F)O2. The topological polar surface area (TPSA) is 143 Å². The van der Waals surface area contributed by atoms with Crippen molar-refractivity contribution in [1.29, 1.82) is 0 Å². The third-order valence-corrected chi connectivity index (χ3v) is 5.82. The van der Waals surface area contributed by atoms with Crippen molar-refractivity contribution in [2.24, 2.45) is 11.7 Å². The molecule has 2 unspecified atom stereocenters. The summed E-state index contributed by atoms with van der Waals surface area (Å²) in [7, 11) is 0. The Kier molecular flexibility index (Phi) is 6.17. The van der Waals surface area contributed by atoms with Crippen molar-refractivity contribution in [2.45, 2.75) is 50.7 Å². The molecule has 5 N–H and O–H groups in total. The normalized spacial score (nSPS) is 25.2. The largest absolute Gasteiger partial charge is 0.586 e. The molecule has 0 spiro atoms. The molecule has 1 aromatic rings. The molecule has 1 fully saturated rings. The molecular formula is C22H24F2N4O6. The summed E-state index contributed by atoms with van der Waals surface area (Å²) in [6.07, 6.45) is 1.90. The third kappa shape index (κ3) is 4.53. The van der Waals surface area contributed by atoms with Gasteiger partial charge in [0.15, 0.2) is 17.5 Å². The van der Waals surface area contributed by atoms with Crippen molar-refractivity contribution < 1.29 is 37.7 Å². The van der Waals surface area contributed by atoms with E-state index in [4.69, 9.17) is 5.73 Å². The molecule has 3 aliphatic heterocycles. The molecule has 3 amide bonds. The van der Waals surface area contributed by atoms with E-state index < -0.39 is 48.4 Å². The van der Waals surface area contributed by atoms with Crippen molar-refractivity contribution in [2.75, 3.05) is 0 Å². The first-order valence-corrected chi connectivity index (χ1v) is 10.7. The molecule has 3 heterocycles. The first-order chi connectivity index (χ1) is 16.1. The zero-order valence-electron chi connectivity index (χ0n) is 18.2. The average molecular weight is 478 g/mol. The van der Waals surface area contributed by atoms with Crippen LogP contribution in [0, 0.1) is 5.92 Å². The number of rotatable bonds is 7. The van der Waals surface area contributed by atoms with Gasteiger partial charge < -0.3 is 30.9 Å². The average Bonchev–Trinajstić information content (AvgIpc) is 3.07. The summed E-state index contributed by atoms with van der Waals surface area (Å²) in [4.78, 5) is 38.3. The maximum Gasteiger partial charge on any atom is 0.586 e. The number of carboxylic acids is 1. The second-order valence-corrected chi connectivity index (χ2v) is 8.23. The first-order valence-electron chi connectivity index (χ1n) is 10.7. The van der Waals surface area contributed by atoms with E-state index in [1.165, 1.54) is 18.2 Å². The molecule has 0 aliphatic carbocycles. The third-order valence-electron chi connectivity index (χ3n) is 5.82. The van der Waals surface area contributed by atoms with Crippen LogP contribution in [0.4, 0.5) is 13.6 Å². The second kappa shape index (κ2) is 8.93. The van der Waals surface area contributed by atoms with Crippen molar-refractivity contribution in [3.8, 4) is 11.5 Å². The summed E-state index contributed by atoms with van der Waals surface area (Å²) >= 11 is 0. The van der Waals surface area contributed by atoms with Gasteiger partial charge in [-0.25, -0.2) is 14.5 Å². The number of fused-ring (bicyclic) bond motifs is 1. The fraction of sp³-hybridized carbons (Fsp3) is 0.409. The summed E-state index contributed by atoms with van der Waals surface area (Å²) in [6, 6.07) is 1.24. The summed E-state index contributed by atoms with van der Waals surface area (Å²) in [5.41, 5.74) is 6.92. The van der Waals surface area contributed by atoms with Gasteiger partial charge in [0, 0.05) is 0 Å². The number of imide groups is 1. The molecular weight excluding hydrogens is 454 g/mol. The number of hydrogen-bond donors (Lipinski definition) is 4. The molecule has 3 aliphatic rings. The van der Waals surface area contributed by atoms with E-state index in [1.807, 2.05) is 6.92 Å². The number of aliphatic carboxylic acids is 1. The minimum Gasteiger partial charge on any atom is -0.480 e. The summed E-state index contributed by atoms with van der Waals surface area (Å²) in [5.74, 6) is -3.15. The Morgan fingerprint density at radius 3 is 2.74 bits per heavy atom. The molecule has 10 nitrogen and oxygen atoms in total. The van der Waals surface area contributed by atoms with Gasteiger partial charge in [-0.1, -0.05) is 19.4 Å². The number of urea groups is 1. The predicted octanol–water partition coefficient (Wildman–Crippen LogP) is 2.19. The number of carboxylic acid groups (broad SMARTS) is 1. The van der Waals surface area contributed by atoms with Crippen LogP contribution in [-0.2, 0) is 9.59 Å². The highest BCUT2D eigenvalue weighted by Gasteiger charge is 2.55. The van der Waals surface area contributed by atoms with Gasteiger partial charge in [0.1, 0.15) is 0 Å². The van der Waals surface area contributed by atoms with Crippen molar-refractivity contribution in [3.05, 3.63) is 47.7 Å². The zero-order valence-corrected chi connectivity index (χ0v) is 18.2. The number of allylic oxidation sites excluding steroid dienone is 2. The van der Waals surface area contributed by atoms with Crippen LogP contribution < -0.4 is 25.8 Å². The standard InChI is InChI=1S/C22H24F2N4O6/c1-2-3-14(12-4-5-15-16(10-12)34-22(23,24)33-15)27-21(32)28-18(20(30)31)13(19(28)29)8-11-6-7-26-17(25)9-11/h4-7,9-10,13-14,17-18,26H,2-3,8,25H2,1H3,(H,27,32)(H,30,31)/t13-,14?,17?,18+/m1/s1. The minimum absolute atomic E-state index is 0.125. The Morgan fingerprint density at radius 2 is 2.06 bits per heavy atom. The number of hydrogen-bond acceptors (Lipinski definition) is 7. The summed E-state index contributed by atoms with van der Waals surface area (Å²) in [5, 5.41) is 15.2. The van der Waals surface area contributed by atoms with E-state index in [2.05, 4.69) is 20.1 Å². The number of alkyl halides is 2. The molecule has 4 atom stereocenters. The quantitative estimate of drug-likeness (QED) is 0.437. The maximum atomic E-state index is 13.3. The van der Waals surface area contributed by atoms with E-state index >= 15 is 0 Å². The van der Waals surface area contributed by atoms with Crippen LogP contribution in [0.15, 0.2) is 42.1 Å². The number of likely N-dealkylation sites (tertiary alicyclic amines) is 1. The number of dihydropyridines is 1. The number of halogens is 2. The predicted molar refractivity (Wildman–Crippen MR) is 114 cm³/mol. The molecule has 182 valence electrons. The molecule has 34 heavy (non-hydrogen) atoms. The van der Waals surface area contributed by atoms with Crippen LogP contribution in [0.25, 0.3) is 0 Å². The smallest absolute Gasteiger partial charge is 0.480 e. The molecule has 1 saturated heterocycles. The highest BCUT2D eigenvalue weighted by atomic mass is 19.3. The molecule has 1 aromatic carbocycles. The van der Waals surface area contributed by atoms with Crippen LogP contribution in [0.5, 0.6) is 11.5 Å². The lowest BCUT2D eigenvalue weighted by Crippen LogP contribution is -2.68. The number of nitrogens with zero attached hydrogens (tertiary/aromatic N) is 1. The van der Waals surface area contributed by atoms with E-state index in [0.29, 0.717) is 28.9 Å². The highest BCUT2D eigenvalue weighted by Crippen LogP contribution is 2.42. The molecule has 4 rings (SSSR count). The number of ether oxygens (including phenoxy) is 2. The monoisotopic (exact) mass is 478 g/mol. The Labute approximate surface area is 193 Å². The van der Waals surface area contributed by atoms with Crippen LogP contribution >= 0.6 is 0 Å². The number of benzene rings is 1. The van der Waals surface area contributed by atoms with Crippen molar-refractivity contribution >= 4 is 17.9 Å². The van der Waals surface area contributed by atoms with E-state index in [9.17, 15) is 28.3 Å². The van der Waals surface area contributed by atoms with Crippen LogP contribution in [0.2, 0.25) is 0 Å². The number of carbonyl (C=O) groups excluding carboxylic acids is 2. The van der Waals surface area contributed by atoms with Crippen molar-refractivity contribution in [1.82, 2.24) is 15.5 Å². The molecule has 0 aromatic heterocycles. The van der Waals surface area contributed by atoms with Gasteiger partial charge in [-0.15, -0.1) is 8.78 Å². The van der Waals surface area contributed by atoms with Gasteiger partial charge in [0.2, 0.25) is 5.91 Å². The van der Waals surface area contributed by atoms with Crippen LogP contribution in [-0.4, -0.2) is 46.4 Å². The second-order valence-electron chi connectivity index (χ2n) is 8.23. The van der Waals surface area contributed by atoms with Gasteiger partial charge in [-0.2, -0.15) is 0 Å². The number of nitrogens with two attached hydrogens (primary N) is 1. The van der Waals surface area contributed by atoms with Gasteiger partial charge >= 0.3 is 18.3 Å². The lowest BCUT2D eigenvalue weighted by molar-refractivity contribution is -0.286. The summed E-state index contributed by atoms with van der Waals surface area (Å²) in [6.45, 7) is 1.86. The number of nitrogens with one attached hydrogen (secondary N) is 2. The Balaban J connectivity index is 1.48. The van der Waals surface area contributed by atoms with Crippen LogP contribution in [0.1, 0.15) is 37.8 Å². The van der Waals surface area contributed by atoms with E-state index in [1.54, 1.807) is 18.4 Å². The molecule has 0 bridgehead atoms. The Hall–Kier alpha value is -3.67. The van der Waals surface area contributed by atoms with Gasteiger partial charge in [0.25, 0.3) is 0 Å². The fourth-order valence-electron chi connectivity index (χ4n) is 4.26. The van der Waals surface area contributed by atoms with E-state index in [-0.39, 0.29) is 17.9 Å². The van der Waals surface area contributed by atoms with Gasteiger partial charge in [-0.3, -0.25) is 4.79 Å². The Morgan fingerprint density at radius 1 is 1.32 bits per heavy atom. The first kappa shape index (κ1) is 23.5. The number of β-lactam (4-membered cyclic amide) rings is 1. The number of carbonyl (C=O) groups is 3. The van der Waals surface area contributed by atoms with Gasteiger partial charge in [0.05, 0.1) is 18.1 Å². The van der Waals surface area contributed by atoms with Gasteiger partial charge in [-0.05, 0) is 54.5 Å². The fourth-order valence-corrected chi connectivity index (χ4v) is 4.26. The highest BCUT2D eigenvalue weighted by molar-refractivity contribution is 6.07. The Bertz CT molecular complexity index is 1080. The molecule has 12 heteroatoms. The maximum absolute atomic E-state index is 13.3. The summed E-state index contributed by atoms with van der Waals surface area (Å²) < 4.78 is 35.5. The molecule has 0 radical (unpaired) electrons. The lowest BCUT2D eigenvalue weighted by atomic mass is 9.82. The lowest BCUT2D eigenvalue weighted by Gasteiger charge is -2.43.